The maximum absolute atomic E-state index is 5.58. The van der Waals surface area contributed by atoms with Crippen molar-refractivity contribution in [3.05, 3.63) is 28.8 Å². The fourth-order valence-corrected chi connectivity index (χ4v) is 3.04. The summed E-state index contributed by atoms with van der Waals surface area (Å²) >= 11 is 0. The lowest BCUT2D eigenvalue weighted by molar-refractivity contribution is 0.209. The summed E-state index contributed by atoms with van der Waals surface area (Å²) in [5.41, 5.74) is 4.23. The molecule has 0 saturated heterocycles. The van der Waals surface area contributed by atoms with Gasteiger partial charge in [-0.1, -0.05) is 13.0 Å². The third-order valence-corrected chi connectivity index (χ3v) is 4.10. The van der Waals surface area contributed by atoms with Gasteiger partial charge in [-0.3, -0.25) is 4.90 Å². The van der Waals surface area contributed by atoms with E-state index in [1.165, 1.54) is 23.2 Å². The lowest BCUT2D eigenvalue weighted by Gasteiger charge is -2.35. The molecule has 0 N–H and O–H groups in total. The van der Waals surface area contributed by atoms with Gasteiger partial charge in [-0.25, -0.2) is 0 Å². The molecule has 0 aliphatic carbocycles. The molecule has 0 radical (unpaired) electrons. The number of benzene rings is 1. The number of likely N-dealkylation sites (N-methyl/N-ethyl adjacent to an activating group) is 1. The Morgan fingerprint density at radius 2 is 2.11 bits per heavy atom. The highest BCUT2D eigenvalue weighted by Gasteiger charge is 2.24. The molecule has 1 heterocycles. The van der Waals surface area contributed by atoms with E-state index in [-0.39, 0.29) is 0 Å². The topological polar surface area (TPSA) is 15.7 Å². The van der Waals surface area contributed by atoms with Crippen LogP contribution in [0.3, 0.4) is 0 Å². The summed E-state index contributed by atoms with van der Waals surface area (Å²) < 4.78 is 5.58. The van der Waals surface area contributed by atoms with Gasteiger partial charge < -0.3 is 9.64 Å². The molecule has 0 spiro atoms. The fourth-order valence-electron chi connectivity index (χ4n) is 3.04. The first-order chi connectivity index (χ1) is 9.06. The van der Waals surface area contributed by atoms with Crippen molar-refractivity contribution in [3.63, 3.8) is 0 Å². The highest BCUT2D eigenvalue weighted by molar-refractivity contribution is 5.45. The van der Waals surface area contributed by atoms with E-state index < -0.39 is 0 Å². The first-order valence-corrected chi connectivity index (χ1v) is 7.15. The average molecular weight is 262 g/mol. The zero-order valence-corrected chi connectivity index (χ0v) is 12.9. The van der Waals surface area contributed by atoms with Crippen LogP contribution in [-0.2, 0) is 13.0 Å². The Bertz CT molecular complexity index is 443. The minimum absolute atomic E-state index is 0.496. The molecule has 1 aliphatic rings. The van der Waals surface area contributed by atoms with Crippen molar-refractivity contribution in [3.8, 4) is 5.75 Å². The van der Waals surface area contributed by atoms with E-state index in [9.17, 15) is 0 Å². The average Bonchev–Trinajstić information content (AvgIpc) is 2.38. The number of fused-ring (bicyclic) bond motifs is 1. The number of hydrogen-bond donors (Lipinski definition) is 0. The van der Waals surface area contributed by atoms with Gasteiger partial charge in [-0.05, 0) is 51.2 Å². The Labute approximate surface area is 117 Å². The summed E-state index contributed by atoms with van der Waals surface area (Å²) in [5, 5.41) is 0. The third-order valence-electron chi connectivity index (χ3n) is 4.10. The van der Waals surface area contributed by atoms with Gasteiger partial charge in [0.15, 0.2) is 0 Å². The van der Waals surface area contributed by atoms with E-state index in [2.05, 4.69) is 49.9 Å². The first-order valence-electron chi connectivity index (χ1n) is 7.15. The Balaban J connectivity index is 2.38. The van der Waals surface area contributed by atoms with Crippen LogP contribution in [0.15, 0.2) is 12.1 Å². The minimum atomic E-state index is 0.496. The normalized spacial score (nSPS) is 19.6. The minimum Gasteiger partial charge on any atom is -0.496 e. The molecule has 0 aromatic heterocycles. The molecule has 0 saturated carbocycles. The number of methoxy groups -OCH3 is 1. The number of hydrogen-bond acceptors (Lipinski definition) is 3. The summed E-state index contributed by atoms with van der Waals surface area (Å²) in [6, 6.07) is 5.09. The van der Waals surface area contributed by atoms with E-state index in [1.807, 2.05) is 0 Å². The zero-order valence-electron chi connectivity index (χ0n) is 12.9. The van der Waals surface area contributed by atoms with Crippen LogP contribution < -0.4 is 4.74 Å². The number of nitrogens with zero attached hydrogens (tertiary/aromatic N) is 2. The predicted molar refractivity (Wildman–Crippen MR) is 79.8 cm³/mol. The summed E-state index contributed by atoms with van der Waals surface area (Å²) in [6.45, 7) is 7.74. The maximum atomic E-state index is 5.58. The van der Waals surface area contributed by atoms with Crippen molar-refractivity contribution in [2.75, 3.05) is 34.3 Å². The fraction of sp³-hybridized carbons (Fsp3) is 0.625. The molecule has 3 heteroatoms. The molecule has 2 rings (SSSR count). The molecule has 0 bridgehead atoms. The number of ether oxygens (including phenoxy) is 1. The molecule has 1 aromatic carbocycles. The largest absolute Gasteiger partial charge is 0.496 e. The highest BCUT2D eigenvalue weighted by atomic mass is 16.5. The van der Waals surface area contributed by atoms with Crippen LogP contribution in [0.5, 0.6) is 5.75 Å². The predicted octanol–water partition coefficient (Wildman–Crippen LogP) is 2.70. The van der Waals surface area contributed by atoms with Crippen molar-refractivity contribution < 1.29 is 4.74 Å². The third kappa shape index (κ3) is 2.93. The first kappa shape index (κ1) is 14.4. The molecule has 106 valence electrons. The van der Waals surface area contributed by atoms with Gasteiger partial charge in [0.05, 0.1) is 7.11 Å². The summed E-state index contributed by atoms with van der Waals surface area (Å²) in [7, 11) is 5.96. The van der Waals surface area contributed by atoms with Gasteiger partial charge in [0, 0.05) is 24.7 Å². The number of rotatable bonds is 4. The molecular weight excluding hydrogens is 236 g/mol. The van der Waals surface area contributed by atoms with Crippen LogP contribution in [0.4, 0.5) is 0 Å². The summed E-state index contributed by atoms with van der Waals surface area (Å²) in [6.07, 6.45) is 1.15. The van der Waals surface area contributed by atoms with Crippen LogP contribution in [0.25, 0.3) is 0 Å². The monoisotopic (exact) mass is 262 g/mol. The lowest BCUT2D eigenvalue weighted by atomic mass is 9.91. The van der Waals surface area contributed by atoms with Crippen molar-refractivity contribution in [1.82, 2.24) is 9.80 Å². The van der Waals surface area contributed by atoms with Crippen molar-refractivity contribution in [1.29, 1.82) is 0 Å². The molecule has 0 amide bonds. The molecule has 3 nitrogen and oxygen atoms in total. The summed E-state index contributed by atoms with van der Waals surface area (Å²) in [4.78, 5) is 4.71. The zero-order chi connectivity index (χ0) is 14.0. The van der Waals surface area contributed by atoms with E-state index >= 15 is 0 Å². The van der Waals surface area contributed by atoms with Crippen molar-refractivity contribution >= 4 is 0 Å². The van der Waals surface area contributed by atoms with Crippen LogP contribution in [0, 0.1) is 0 Å². The van der Waals surface area contributed by atoms with Crippen LogP contribution in [-0.4, -0.2) is 44.1 Å². The Kier molecular flexibility index (Phi) is 4.48. The standard InChI is InChI=1S/C16H26N2O/c1-6-18-8-7-13-9-14(11-17(3)4)16(19-5)10-15(13)12(18)2/h9-10,12H,6-8,11H2,1-5H3. The van der Waals surface area contributed by atoms with E-state index in [0.29, 0.717) is 6.04 Å². The van der Waals surface area contributed by atoms with Gasteiger partial charge in [0.25, 0.3) is 0 Å². The van der Waals surface area contributed by atoms with Crippen LogP contribution in [0.2, 0.25) is 0 Å². The Morgan fingerprint density at radius 1 is 1.37 bits per heavy atom. The SMILES string of the molecule is CCN1CCc2cc(CN(C)C)c(OC)cc2C1C. The summed E-state index contributed by atoms with van der Waals surface area (Å²) in [5.74, 6) is 1.03. The smallest absolute Gasteiger partial charge is 0.123 e. The van der Waals surface area contributed by atoms with Crippen molar-refractivity contribution in [2.24, 2.45) is 0 Å². The molecule has 19 heavy (non-hydrogen) atoms. The molecule has 0 fully saturated rings. The molecule has 1 aromatic rings. The van der Waals surface area contributed by atoms with Gasteiger partial charge in [0.2, 0.25) is 0 Å². The van der Waals surface area contributed by atoms with E-state index in [1.54, 1.807) is 7.11 Å². The van der Waals surface area contributed by atoms with Crippen LogP contribution >= 0.6 is 0 Å². The van der Waals surface area contributed by atoms with Gasteiger partial charge in [-0.2, -0.15) is 0 Å². The molecule has 1 unspecified atom stereocenters. The van der Waals surface area contributed by atoms with Gasteiger partial charge in [-0.15, -0.1) is 0 Å². The van der Waals surface area contributed by atoms with E-state index in [4.69, 9.17) is 4.74 Å². The van der Waals surface area contributed by atoms with Gasteiger partial charge >= 0.3 is 0 Å². The highest BCUT2D eigenvalue weighted by Crippen LogP contribution is 2.34. The maximum Gasteiger partial charge on any atom is 0.123 e. The molecular formula is C16H26N2O. The molecule has 1 atom stereocenters. The second kappa shape index (κ2) is 5.93. The van der Waals surface area contributed by atoms with Crippen molar-refractivity contribution in [2.45, 2.75) is 32.9 Å². The Morgan fingerprint density at radius 3 is 2.68 bits per heavy atom. The lowest BCUT2D eigenvalue weighted by Crippen LogP contribution is -2.33. The van der Waals surface area contributed by atoms with Gasteiger partial charge in [0.1, 0.15) is 5.75 Å². The quantitative estimate of drug-likeness (QED) is 0.830. The second-order valence-electron chi connectivity index (χ2n) is 5.66. The second-order valence-corrected chi connectivity index (χ2v) is 5.66. The van der Waals surface area contributed by atoms with E-state index in [0.717, 1.165) is 25.3 Å². The Hall–Kier alpha value is -1.06. The van der Waals surface area contributed by atoms with Crippen LogP contribution in [0.1, 0.15) is 36.6 Å². The molecule has 1 aliphatic heterocycles.